The van der Waals surface area contributed by atoms with E-state index in [1.165, 1.54) is 0 Å². The molecule has 1 N–H and O–H groups in total. The Morgan fingerprint density at radius 3 is 2.94 bits per heavy atom. The Balaban J connectivity index is 2.26. The number of rotatable bonds is 4. The Morgan fingerprint density at radius 1 is 1.44 bits per heavy atom. The summed E-state index contributed by atoms with van der Waals surface area (Å²) in [5, 5.41) is 12.1. The molecule has 0 spiro atoms. The quantitative estimate of drug-likeness (QED) is 0.884. The van der Waals surface area contributed by atoms with Crippen molar-refractivity contribution in [3.05, 3.63) is 35.5 Å². The van der Waals surface area contributed by atoms with Gasteiger partial charge in [0.1, 0.15) is 5.01 Å². The first kappa shape index (κ1) is 11.2. The number of thiazole rings is 1. The van der Waals surface area contributed by atoms with E-state index < -0.39 is 0 Å². The zero-order valence-corrected chi connectivity index (χ0v) is 9.94. The van der Waals surface area contributed by atoms with Crippen LogP contribution in [-0.4, -0.2) is 21.7 Å². The summed E-state index contributed by atoms with van der Waals surface area (Å²) < 4.78 is 0. The normalized spacial score (nSPS) is 12.6. The van der Waals surface area contributed by atoms with Crippen molar-refractivity contribution in [1.29, 1.82) is 0 Å². The number of pyridine rings is 1. The summed E-state index contributed by atoms with van der Waals surface area (Å²) >= 11 is 1.58. The van der Waals surface area contributed by atoms with Crippen molar-refractivity contribution in [2.75, 3.05) is 6.61 Å². The van der Waals surface area contributed by atoms with Gasteiger partial charge in [0.15, 0.2) is 0 Å². The van der Waals surface area contributed by atoms with Crippen LogP contribution < -0.4 is 0 Å². The topological polar surface area (TPSA) is 46.0 Å². The second-order valence-corrected chi connectivity index (χ2v) is 4.44. The van der Waals surface area contributed by atoms with Crippen LogP contribution in [0.1, 0.15) is 25.0 Å². The zero-order valence-electron chi connectivity index (χ0n) is 9.13. The van der Waals surface area contributed by atoms with Gasteiger partial charge < -0.3 is 5.11 Å². The second kappa shape index (κ2) is 5.18. The highest BCUT2D eigenvalue weighted by Gasteiger charge is 2.13. The van der Waals surface area contributed by atoms with E-state index in [2.05, 4.69) is 16.9 Å². The van der Waals surface area contributed by atoms with Crippen LogP contribution >= 0.6 is 11.3 Å². The summed E-state index contributed by atoms with van der Waals surface area (Å²) in [6.07, 6.45) is 2.67. The maximum absolute atomic E-state index is 9.21. The van der Waals surface area contributed by atoms with Crippen LogP contribution in [0.25, 0.3) is 10.7 Å². The van der Waals surface area contributed by atoms with Crippen LogP contribution in [0.4, 0.5) is 0 Å². The molecule has 2 heterocycles. The molecule has 0 fully saturated rings. The summed E-state index contributed by atoms with van der Waals surface area (Å²) in [6, 6.07) is 5.79. The van der Waals surface area contributed by atoms with Crippen LogP contribution in [-0.2, 0) is 0 Å². The number of aliphatic hydroxyl groups is 1. The van der Waals surface area contributed by atoms with E-state index in [4.69, 9.17) is 0 Å². The lowest BCUT2D eigenvalue weighted by atomic mass is 10.1. The molecule has 0 radical (unpaired) electrons. The number of hydrogen-bond donors (Lipinski definition) is 1. The number of hydrogen-bond acceptors (Lipinski definition) is 4. The van der Waals surface area contributed by atoms with Gasteiger partial charge in [0.05, 0.1) is 18.0 Å². The van der Waals surface area contributed by atoms with E-state index in [-0.39, 0.29) is 12.5 Å². The molecule has 0 aromatic carbocycles. The van der Waals surface area contributed by atoms with Crippen molar-refractivity contribution in [3.63, 3.8) is 0 Å². The van der Waals surface area contributed by atoms with Gasteiger partial charge in [-0.15, -0.1) is 11.3 Å². The van der Waals surface area contributed by atoms with Crippen molar-refractivity contribution in [2.24, 2.45) is 0 Å². The summed E-state index contributed by atoms with van der Waals surface area (Å²) in [5.74, 6) is 0.147. The Labute approximate surface area is 98.8 Å². The van der Waals surface area contributed by atoms with Gasteiger partial charge in [-0.3, -0.25) is 4.98 Å². The predicted molar refractivity (Wildman–Crippen MR) is 65.5 cm³/mol. The minimum atomic E-state index is 0.147. The molecule has 16 heavy (non-hydrogen) atoms. The molecule has 3 nitrogen and oxygen atoms in total. The highest BCUT2D eigenvalue weighted by atomic mass is 32.1. The van der Waals surface area contributed by atoms with Crippen LogP contribution in [0.2, 0.25) is 0 Å². The van der Waals surface area contributed by atoms with Crippen LogP contribution in [0.3, 0.4) is 0 Å². The number of nitrogens with zero attached hydrogens (tertiary/aromatic N) is 2. The minimum Gasteiger partial charge on any atom is -0.396 e. The first-order chi connectivity index (χ1) is 7.85. The van der Waals surface area contributed by atoms with Crippen molar-refractivity contribution < 1.29 is 5.11 Å². The van der Waals surface area contributed by atoms with E-state index in [1.54, 1.807) is 17.5 Å². The lowest BCUT2D eigenvalue weighted by Gasteiger charge is -2.06. The molecule has 2 rings (SSSR count). The average Bonchev–Trinajstić information content (AvgIpc) is 2.81. The number of aromatic nitrogens is 2. The Hall–Kier alpha value is -1.26. The fraction of sp³-hybridized carbons (Fsp3) is 0.333. The molecule has 2 aromatic heterocycles. The molecule has 0 aliphatic rings. The standard InChI is InChI=1S/C12H14N2OS/c1-2-9(7-15)11-8-16-12(14-11)10-5-3-4-6-13-10/h3-6,8-9,15H,2,7H2,1H3. The van der Waals surface area contributed by atoms with Gasteiger partial charge in [-0.1, -0.05) is 13.0 Å². The maximum atomic E-state index is 9.21. The van der Waals surface area contributed by atoms with E-state index >= 15 is 0 Å². The van der Waals surface area contributed by atoms with Crippen molar-refractivity contribution in [1.82, 2.24) is 9.97 Å². The second-order valence-electron chi connectivity index (χ2n) is 3.58. The molecule has 0 aliphatic carbocycles. The highest BCUT2D eigenvalue weighted by Crippen LogP contribution is 2.26. The first-order valence-electron chi connectivity index (χ1n) is 5.32. The van der Waals surface area contributed by atoms with Gasteiger partial charge in [-0.05, 0) is 18.6 Å². The summed E-state index contributed by atoms with van der Waals surface area (Å²) in [4.78, 5) is 8.78. The fourth-order valence-corrected chi connectivity index (χ4v) is 2.39. The monoisotopic (exact) mass is 234 g/mol. The fourth-order valence-electron chi connectivity index (χ4n) is 1.51. The van der Waals surface area contributed by atoms with E-state index in [1.807, 2.05) is 23.6 Å². The van der Waals surface area contributed by atoms with E-state index in [0.29, 0.717) is 0 Å². The third kappa shape index (κ3) is 2.28. The summed E-state index contributed by atoms with van der Waals surface area (Å²) in [7, 11) is 0. The molecule has 0 saturated heterocycles. The molecule has 1 atom stereocenters. The van der Waals surface area contributed by atoms with Gasteiger partial charge in [0.2, 0.25) is 0 Å². The lowest BCUT2D eigenvalue weighted by Crippen LogP contribution is -2.02. The molecular weight excluding hydrogens is 220 g/mol. The molecule has 0 amide bonds. The van der Waals surface area contributed by atoms with Crippen LogP contribution in [0.15, 0.2) is 29.8 Å². The zero-order chi connectivity index (χ0) is 11.4. The smallest absolute Gasteiger partial charge is 0.142 e. The Morgan fingerprint density at radius 2 is 2.31 bits per heavy atom. The van der Waals surface area contributed by atoms with Crippen LogP contribution in [0.5, 0.6) is 0 Å². The highest BCUT2D eigenvalue weighted by molar-refractivity contribution is 7.13. The summed E-state index contributed by atoms with van der Waals surface area (Å²) in [5.41, 5.74) is 1.86. The van der Waals surface area contributed by atoms with Gasteiger partial charge in [-0.2, -0.15) is 0 Å². The van der Waals surface area contributed by atoms with Gasteiger partial charge in [0, 0.05) is 17.5 Å². The molecule has 4 heteroatoms. The third-order valence-corrected chi connectivity index (χ3v) is 3.42. The third-order valence-electron chi connectivity index (χ3n) is 2.54. The lowest BCUT2D eigenvalue weighted by molar-refractivity contribution is 0.260. The molecule has 0 saturated carbocycles. The SMILES string of the molecule is CCC(CO)c1csc(-c2ccccn2)n1. The predicted octanol–water partition coefficient (Wildman–Crippen LogP) is 2.69. The molecule has 0 bridgehead atoms. The largest absolute Gasteiger partial charge is 0.396 e. The average molecular weight is 234 g/mol. The summed E-state index contributed by atoms with van der Waals surface area (Å²) in [6.45, 7) is 2.21. The molecule has 84 valence electrons. The van der Waals surface area contributed by atoms with Crippen LogP contribution in [0, 0.1) is 0 Å². The molecule has 2 aromatic rings. The van der Waals surface area contributed by atoms with Gasteiger partial charge >= 0.3 is 0 Å². The van der Waals surface area contributed by atoms with E-state index in [9.17, 15) is 5.11 Å². The van der Waals surface area contributed by atoms with Crippen molar-refractivity contribution >= 4 is 11.3 Å². The maximum Gasteiger partial charge on any atom is 0.142 e. The number of aliphatic hydroxyl groups excluding tert-OH is 1. The minimum absolute atomic E-state index is 0.147. The Bertz CT molecular complexity index is 437. The van der Waals surface area contributed by atoms with Crippen molar-refractivity contribution in [3.8, 4) is 10.7 Å². The van der Waals surface area contributed by atoms with Gasteiger partial charge in [0.25, 0.3) is 0 Å². The molecule has 1 unspecified atom stereocenters. The van der Waals surface area contributed by atoms with Crippen molar-refractivity contribution in [2.45, 2.75) is 19.3 Å². The first-order valence-corrected chi connectivity index (χ1v) is 6.20. The van der Waals surface area contributed by atoms with Gasteiger partial charge in [-0.25, -0.2) is 4.98 Å². The Kier molecular flexibility index (Phi) is 3.64. The molecular formula is C12H14N2OS. The van der Waals surface area contributed by atoms with E-state index in [0.717, 1.165) is 22.8 Å². The molecule has 0 aliphatic heterocycles.